The molecule has 0 saturated heterocycles. The first-order valence-corrected chi connectivity index (χ1v) is 7.97. The first-order valence-electron chi connectivity index (χ1n) is 7.97. The van der Waals surface area contributed by atoms with E-state index < -0.39 is 0 Å². The van der Waals surface area contributed by atoms with Crippen LogP contribution in [0.25, 0.3) is 0 Å². The third-order valence-electron chi connectivity index (χ3n) is 4.39. The van der Waals surface area contributed by atoms with Gasteiger partial charge in [-0.25, -0.2) is 0 Å². The lowest BCUT2D eigenvalue weighted by Crippen LogP contribution is -2.51. The Morgan fingerprint density at radius 3 is 2.39 bits per heavy atom. The van der Waals surface area contributed by atoms with Gasteiger partial charge in [-0.3, -0.25) is 0 Å². The molecule has 2 nitrogen and oxygen atoms in total. The lowest BCUT2D eigenvalue weighted by atomic mass is 9.82. The van der Waals surface area contributed by atoms with Crippen LogP contribution < -0.4 is 11.1 Å². The van der Waals surface area contributed by atoms with Gasteiger partial charge in [0.2, 0.25) is 0 Å². The van der Waals surface area contributed by atoms with E-state index in [-0.39, 0.29) is 5.54 Å². The van der Waals surface area contributed by atoms with Crippen molar-refractivity contribution in [3.05, 3.63) is 0 Å². The molecule has 2 heteroatoms. The van der Waals surface area contributed by atoms with E-state index in [9.17, 15) is 0 Å². The summed E-state index contributed by atoms with van der Waals surface area (Å²) in [5, 5.41) is 3.64. The Hall–Kier alpha value is -0.0800. The lowest BCUT2D eigenvalue weighted by Gasteiger charge is -2.35. The van der Waals surface area contributed by atoms with E-state index in [1.54, 1.807) is 0 Å². The highest BCUT2D eigenvalue weighted by atomic mass is 14.9. The summed E-state index contributed by atoms with van der Waals surface area (Å²) < 4.78 is 0. The van der Waals surface area contributed by atoms with Gasteiger partial charge in [-0.05, 0) is 24.7 Å². The number of unbranched alkanes of at least 4 members (excludes halogenated alkanes) is 2. The number of nitrogens with one attached hydrogen (secondary N) is 1. The molecule has 0 radical (unpaired) electrons. The maximum absolute atomic E-state index is 6.45. The van der Waals surface area contributed by atoms with Crippen LogP contribution in [0.5, 0.6) is 0 Å². The van der Waals surface area contributed by atoms with Crippen molar-refractivity contribution >= 4 is 0 Å². The zero-order chi connectivity index (χ0) is 13.5. The van der Waals surface area contributed by atoms with Gasteiger partial charge in [-0.2, -0.15) is 0 Å². The van der Waals surface area contributed by atoms with Crippen LogP contribution >= 0.6 is 0 Å². The smallest absolute Gasteiger partial charge is 0.0280 e. The fourth-order valence-electron chi connectivity index (χ4n) is 3.02. The Bertz CT molecular complexity index is 217. The van der Waals surface area contributed by atoms with Gasteiger partial charge in [-0.15, -0.1) is 0 Å². The second-order valence-electron chi connectivity index (χ2n) is 7.15. The van der Waals surface area contributed by atoms with Crippen LogP contribution in [-0.4, -0.2) is 18.6 Å². The quantitative estimate of drug-likeness (QED) is 0.646. The topological polar surface area (TPSA) is 38.0 Å². The maximum Gasteiger partial charge on any atom is 0.0280 e. The Morgan fingerprint density at radius 2 is 1.78 bits per heavy atom. The van der Waals surface area contributed by atoms with E-state index in [2.05, 4.69) is 26.1 Å². The molecule has 108 valence electrons. The van der Waals surface area contributed by atoms with Crippen molar-refractivity contribution in [2.24, 2.45) is 11.1 Å². The van der Waals surface area contributed by atoms with Gasteiger partial charge in [-0.1, -0.05) is 59.3 Å². The largest absolute Gasteiger partial charge is 0.324 e. The normalized spacial score (nSPS) is 20.0. The van der Waals surface area contributed by atoms with Gasteiger partial charge in [0.1, 0.15) is 0 Å². The Morgan fingerprint density at radius 1 is 1.11 bits per heavy atom. The van der Waals surface area contributed by atoms with E-state index in [4.69, 9.17) is 5.73 Å². The third kappa shape index (κ3) is 6.19. The summed E-state index contributed by atoms with van der Waals surface area (Å²) in [4.78, 5) is 0. The highest BCUT2D eigenvalue weighted by Gasteiger charge is 2.27. The van der Waals surface area contributed by atoms with E-state index >= 15 is 0 Å². The van der Waals surface area contributed by atoms with Gasteiger partial charge < -0.3 is 11.1 Å². The standard InChI is InChI=1S/C16H34N2/c1-4-5-7-10-15(2,3)13-18-14-16(17)11-8-6-9-12-16/h18H,4-14,17H2,1-3H3. The van der Waals surface area contributed by atoms with E-state index in [0.717, 1.165) is 13.1 Å². The third-order valence-corrected chi connectivity index (χ3v) is 4.39. The molecule has 1 fully saturated rings. The van der Waals surface area contributed by atoms with Crippen molar-refractivity contribution in [1.82, 2.24) is 5.32 Å². The molecule has 3 N–H and O–H groups in total. The highest BCUT2D eigenvalue weighted by Crippen LogP contribution is 2.26. The van der Waals surface area contributed by atoms with E-state index in [1.165, 1.54) is 57.8 Å². The van der Waals surface area contributed by atoms with Crippen molar-refractivity contribution in [2.45, 2.75) is 84.1 Å². The average Bonchev–Trinajstić information content (AvgIpc) is 2.29. The van der Waals surface area contributed by atoms with Gasteiger partial charge in [0.05, 0.1) is 0 Å². The number of nitrogens with two attached hydrogens (primary N) is 1. The average molecular weight is 254 g/mol. The minimum absolute atomic E-state index is 0.0811. The molecule has 0 spiro atoms. The predicted molar refractivity (Wildman–Crippen MR) is 80.8 cm³/mol. The zero-order valence-corrected chi connectivity index (χ0v) is 12.9. The van der Waals surface area contributed by atoms with Crippen LogP contribution in [0, 0.1) is 5.41 Å². The molecule has 0 aliphatic heterocycles. The molecule has 0 aromatic rings. The number of rotatable bonds is 8. The number of hydrogen-bond acceptors (Lipinski definition) is 2. The van der Waals surface area contributed by atoms with E-state index in [0.29, 0.717) is 5.41 Å². The Kier molecular flexibility index (Phi) is 6.65. The van der Waals surface area contributed by atoms with Crippen molar-refractivity contribution < 1.29 is 0 Å². The molecular weight excluding hydrogens is 220 g/mol. The Labute approximate surface area is 114 Å². The highest BCUT2D eigenvalue weighted by molar-refractivity contribution is 4.89. The van der Waals surface area contributed by atoms with Crippen molar-refractivity contribution in [2.75, 3.05) is 13.1 Å². The van der Waals surface area contributed by atoms with E-state index in [1.807, 2.05) is 0 Å². The van der Waals surface area contributed by atoms with Crippen molar-refractivity contribution in [3.63, 3.8) is 0 Å². The molecule has 18 heavy (non-hydrogen) atoms. The molecule has 0 bridgehead atoms. The molecule has 0 atom stereocenters. The van der Waals surface area contributed by atoms with Crippen LogP contribution in [0.15, 0.2) is 0 Å². The fourth-order valence-corrected chi connectivity index (χ4v) is 3.02. The SMILES string of the molecule is CCCCCC(C)(C)CNCC1(N)CCCCC1. The lowest BCUT2D eigenvalue weighted by molar-refractivity contribution is 0.250. The molecule has 1 aliphatic rings. The summed E-state index contributed by atoms with van der Waals surface area (Å²) in [5.74, 6) is 0. The van der Waals surface area contributed by atoms with Crippen LogP contribution in [0.4, 0.5) is 0 Å². The van der Waals surface area contributed by atoms with Crippen molar-refractivity contribution in [1.29, 1.82) is 0 Å². The summed E-state index contributed by atoms with van der Waals surface area (Å²) in [6.45, 7) is 9.13. The summed E-state index contributed by atoms with van der Waals surface area (Å²) in [7, 11) is 0. The van der Waals surface area contributed by atoms with Crippen LogP contribution in [-0.2, 0) is 0 Å². The molecule has 1 saturated carbocycles. The zero-order valence-electron chi connectivity index (χ0n) is 12.9. The maximum atomic E-state index is 6.45. The number of hydrogen-bond donors (Lipinski definition) is 2. The fraction of sp³-hybridized carbons (Fsp3) is 1.00. The second kappa shape index (κ2) is 7.49. The van der Waals surface area contributed by atoms with Gasteiger partial charge in [0.25, 0.3) is 0 Å². The van der Waals surface area contributed by atoms with Crippen LogP contribution in [0.1, 0.15) is 78.6 Å². The first-order chi connectivity index (χ1) is 8.47. The molecule has 0 heterocycles. The van der Waals surface area contributed by atoms with Crippen LogP contribution in [0.3, 0.4) is 0 Å². The molecule has 0 amide bonds. The predicted octanol–water partition coefficient (Wildman–Crippen LogP) is 3.84. The Balaban J connectivity index is 2.18. The van der Waals surface area contributed by atoms with Gasteiger partial charge in [0.15, 0.2) is 0 Å². The monoisotopic (exact) mass is 254 g/mol. The summed E-state index contributed by atoms with van der Waals surface area (Å²) in [6.07, 6.45) is 11.8. The van der Waals surface area contributed by atoms with Gasteiger partial charge >= 0.3 is 0 Å². The molecule has 0 unspecified atom stereocenters. The minimum atomic E-state index is 0.0811. The molecular formula is C16H34N2. The summed E-state index contributed by atoms with van der Waals surface area (Å²) in [5.41, 5.74) is 6.95. The minimum Gasteiger partial charge on any atom is -0.324 e. The summed E-state index contributed by atoms with van der Waals surface area (Å²) >= 11 is 0. The molecule has 0 aromatic carbocycles. The molecule has 1 aliphatic carbocycles. The summed E-state index contributed by atoms with van der Waals surface area (Å²) in [6, 6.07) is 0. The molecule has 1 rings (SSSR count). The second-order valence-corrected chi connectivity index (χ2v) is 7.15. The van der Waals surface area contributed by atoms with Gasteiger partial charge in [0, 0.05) is 18.6 Å². The molecule has 0 aromatic heterocycles. The van der Waals surface area contributed by atoms with Crippen LogP contribution in [0.2, 0.25) is 0 Å². The van der Waals surface area contributed by atoms with Crippen molar-refractivity contribution in [3.8, 4) is 0 Å². The first kappa shape index (κ1) is 16.0.